The quantitative estimate of drug-likeness (QED) is 0.306. The molecule has 4 nitrogen and oxygen atoms in total. The van der Waals surface area contributed by atoms with Crippen LogP contribution < -0.4 is 0 Å². The molecule has 0 fully saturated rings. The van der Waals surface area contributed by atoms with Gasteiger partial charge in [0.2, 0.25) is 0 Å². The van der Waals surface area contributed by atoms with E-state index in [0.29, 0.717) is 30.6 Å². The standard InChI is InChI=1S/C27H44O4/c1-18(2)10-7-14-23(26(28)29)22-13-9-12-21(17-16-20(5)6)25(22)24(27(30)31)15-8-11-19(3)4/h9,12-13,18-20,23-24H,7-8,10-11,14-17H2,1-6H3,(H,28,29)(H,30,31). The molecule has 2 unspecified atom stereocenters. The summed E-state index contributed by atoms with van der Waals surface area (Å²) in [4.78, 5) is 24.6. The maximum atomic E-state index is 12.4. The molecule has 0 radical (unpaired) electrons. The minimum atomic E-state index is -0.850. The molecule has 1 rings (SSSR count). The summed E-state index contributed by atoms with van der Waals surface area (Å²) in [5.74, 6) is -1.45. The molecular weight excluding hydrogens is 388 g/mol. The molecule has 2 N–H and O–H groups in total. The van der Waals surface area contributed by atoms with Crippen molar-refractivity contribution in [3.63, 3.8) is 0 Å². The van der Waals surface area contributed by atoms with Crippen LogP contribution in [0.3, 0.4) is 0 Å². The molecule has 2 atom stereocenters. The van der Waals surface area contributed by atoms with Gasteiger partial charge in [0.1, 0.15) is 0 Å². The Morgan fingerprint density at radius 2 is 1.19 bits per heavy atom. The first kappa shape index (κ1) is 27.2. The predicted molar refractivity (Wildman–Crippen MR) is 128 cm³/mol. The maximum Gasteiger partial charge on any atom is 0.310 e. The highest BCUT2D eigenvalue weighted by atomic mass is 16.4. The highest BCUT2D eigenvalue weighted by Crippen LogP contribution is 2.36. The van der Waals surface area contributed by atoms with Gasteiger partial charge < -0.3 is 10.2 Å². The Labute approximate surface area is 189 Å². The van der Waals surface area contributed by atoms with E-state index >= 15 is 0 Å². The molecule has 0 heterocycles. The van der Waals surface area contributed by atoms with Crippen LogP contribution in [-0.4, -0.2) is 22.2 Å². The molecule has 0 aliphatic rings. The second-order valence-corrected chi connectivity index (χ2v) is 10.3. The number of aryl methyl sites for hydroxylation is 1. The Morgan fingerprint density at radius 3 is 1.65 bits per heavy atom. The molecule has 0 saturated carbocycles. The molecule has 31 heavy (non-hydrogen) atoms. The number of carbonyl (C=O) groups is 2. The average molecular weight is 433 g/mol. The van der Waals surface area contributed by atoms with Gasteiger partial charge in [0.15, 0.2) is 0 Å². The number of rotatable bonds is 15. The summed E-state index contributed by atoms with van der Waals surface area (Å²) in [6.45, 7) is 12.9. The molecule has 1 aromatic rings. The lowest BCUT2D eigenvalue weighted by molar-refractivity contribution is -0.140. The Bertz CT molecular complexity index is 690. The van der Waals surface area contributed by atoms with Crippen LogP contribution in [0.25, 0.3) is 0 Å². The van der Waals surface area contributed by atoms with Crippen molar-refractivity contribution in [1.82, 2.24) is 0 Å². The van der Waals surface area contributed by atoms with Gasteiger partial charge in [-0.1, -0.05) is 85.4 Å². The van der Waals surface area contributed by atoms with Crippen LogP contribution in [0.15, 0.2) is 18.2 Å². The van der Waals surface area contributed by atoms with E-state index in [2.05, 4.69) is 41.5 Å². The zero-order valence-electron chi connectivity index (χ0n) is 20.5. The third-order valence-electron chi connectivity index (χ3n) is 6.09. The van der Waals surface area contributed by atoms with Gasteiger partial charge in [-0.05, 0) is 60.1 Å². The number of carboxylic acid groups (broad SMARTS) is 2. The maximum absolute atomic E-state index is 12.4. The third-order valence-corrected chi connectivity index (χ3v) is 6.09. The van der Waals surface area contributed by atoms with Crippen molar-refractivity contribution in [3.05, 3.63) is 34.9 Å². The summed E-state index contributed by atoms with van der Waals surface area (Å²) < 4.78 is 0. The minimum absolute atomic E-state index is 0.502. The number of benzene rings is 1. The SMILES string of the molecule is CC(C)CCCC(C(=O)O)c1cccc(CCC(C)C)c1C(CCCC(C)C)C(=O)O. The molecule has 0 spiro atoms. The number of hydrogen-bond acceptors (Lipinski definition) is 2. The van der Waals surface area contributed by atoms with Crippen molar-refractivity contribution < 1.29 is 19.8 Å². The fourth-order valence-corrected chi connectivity index (χ4v) is 4.29. The van der Waals surface area contributed by atoms with Crippen molar-refractivity contribution in [2.24, 2.45) is 17.8 Å². The third kappa shape index (κ3) is 9.45. The molecule has 0 aliphatic carbocycles. The van der Waals surface area contributed by atoms with Gasteiger partial charge in [-0.25, -0.2) is 0 Å². The zero-order valence-corrected chi connectivity index (χ0v) is 20.5. The Kier molecular flexibility index (Phi) is 11.9. The topological polar surface area (TPSA) is 74.6 Å². The number of carboxylic acids is 2. The molecule has 0 amide bonds. The molecule has 0 saturated heterocycles. The fraction of sp³-hybridized carbons (Fsp3) is 0.704. The molecule has 0 bridgehead atoms. The van der Waals surface area contributed by atoms with Gasteiger partial charge in [-0.2, -0.15) is 0 Å². The number of aliphatic carboxylic acids is 2. The van der Waals surface area contributed by atoms with Crippen molar-refractivity contribution in [2.45, 2.75) is 105 Å². The van der Waals surface area contributed by atoms with Crippen LogP contribution in [0.5, 0.6) is 0 Å². The van der Waals surface area contributed by atoms with E-state index in [0.717, 1.165) is 55.2 Å². The zero-order chi connectivity index (χ0) is 23.6. The van der Waals surface area contributed by atoms with Gasteiger partial charge in [0.05, 0.1) is 11.8 Å². The summed E-state index contributed by atoms with van der Waals surface area (Å²) in [5, 5.41) is 20.2. The van der Waals surface area contributed by atoms with Crippen molar-refractivity contribution in [1.29, 1.82) is 0 Å². The predicted octanol–water partition coefficient (Wildman–Crippen LogP) is 7.26. The minimum Gasteiger partial charge on any atom is -0.481 e. The van der Waals surface area contributed by atoms with Crippen LogP contribution in [-0.2, 0) is 16.0 Å². The van der Waals surface area contributed by atoms with E-state index in [1.807, 2.05) is 18.2 Å². The summed E-state index contributed by atoms with van der Waals surface area (Å²) >= 11 is 0. The van der Waals surface area contributed by atoms with E-state index in [1.54, 1.807) is 0 Å². The van der Waals surface area contributed by atoms with E-state index in [9.17, 15) is 19.8 Å². The normalized spacial score (nSPS) is 13.7. The second kappa shape index (κ2) is 13.5. The largest absolute Gasteiger partial charge is 0.481 e. The monoisotopic (exact) mass is 432 g/mol. The highest BCUT2D eigenvalue weighted by molar-refractivity contribution is 5.81. The van der Waals surface area contributed by atoms with Crippen LogP contribution in [0.4, 0.5) is 0 Å². The van der Waals surface area contributed by atoms with Gasteiger partial charge in [0, 0.05) is 0 Å². The lowest BCUT2D eigenvalue weighted by Crippen LogP contribution is -2.21. The Balaban J connectivity index is 3.41. The number of hydrogen-bond donors (Lipinski definition) is 2. The average Bonchev–Trinajstić information content (AvgIpc) is 2.66. The smallest absolute Gasteiger partial charge is 0.310 e. The first-order chi connectivity index (χ1) is 14.5. The summed E-state index contributed by atoms with van der Waals surface area (Å²) in [6, 6.07) is 5.79. The van der Waals surface area contributed by atoms with Gasteiger partial charge in [0.25, 0.3) is 0 Å². The molecule has 4 heteroatoms. The fourth-order valence-electron chi connectivity index (χ4n) is 4.29. The first-order valence-corrected chi connectivity index (χ1v) is 12.1. The second-order valence-electron chi connectivity index (χ2n) is 10.3. The Morgan fingerprint density at radius 1 is 0.710 bits per heavy atom. The van der Waals surface area contributed by atoms with Gasteiger partial charge >= 0.3 is 11.9 Å². The van der Waals surface area contributed by atoms with E-state index in [4.69, 9.17) is 0 Å². The van der Waals surface area contributed by atoms with E-state index in [1.165, 1.54) is 0 Å². The summed E-state index contributed by atoms with van der Waals surface area (Å²) in [5.41, 5.74) is 2.50. The lowest BCUT2D eigenvalue weighted by Gasteiger charge is -2.25. The molecule has 0 aromatic heterocycles. The van der Waals surface area contributed by atoms with Crippen LogP contribution in [0.1, 0.15) is 115 Å². The molecule has 176 valence electrons. The van der Waals surface area contributed by atoms with Gasteiger partial charge in [-0.3, -0.25) is 9.59 Å². The van der Waals surface area contributed by atoms with Crippen molar-refractivity contribution in [2.75, 3.05) is 0 Å². The summed E-state index contributed by atoms with van der Waals surface area (Å²) in [6.07, 6.45) is 6.46. The Hall–Kier alpha value is -1.84. The van der Waals surface area contributed by atoms with Gasteiger partial charge in [-0.15, -0.1) is 0 Å². The van der Waals surface area contributed by atoms with E-state index in [-0.39, 0.29) is 0 Å². The molecular formula is C27H44O4. The van der Waals surface area contributed by atoms with Crippen LogP contribution >= 0.6 is 0 Å². The van der Waals surface area contributed by atoms with Crippen molar-refractivity contribution in [3.8, 4) is 0 Å². The molecule has 0 aliphatic heterocycles. The summed E-state index contributed by atoms with van der Waals surface area (Å²) in [7, 11) is 0. The van der Waals surface area contributed by atoms with Crippen LogP contribution in [0, 0.1) is 17.8 Å². The van der Waals surface area contributed by atoms with E-state index < -0.39 is 23.8 Å². The lowest BCUT2D eigenvalue weighted by atomic mass is 9.79. The van der Waals surface area contributed by atoms with Crippen LogP contribution in [0.2, 0.25) is 0 Å². The first-order valence-electron chi connectivity index (χ1n) is 12.1. The van der Waals surface area contributed by atoms with Crippen molar-refractivity contribution >= 4 is 11.9 Å². The highest BCUT2D eigenvalue weighted by Gasteiger charge is 2.30. The molecule has 1 aromatic carbocycles.